The van der Waals surface area contributed by atoms with Crippen LogP contribution in [0.25, 0.3) is 0 Å². The standard InChI is InChI=1S/C11H15ClFN/c1-7-4-5-9(13)8(10(7)12)6-11(2,3)14/h4-5H,6,14H2,1-3H3. The predicted molar refractivity (Wildman–Crippen MR) is 58.1 cm³/mol. The second kappa shape index (κ2) is 3.87. The van der Waals surface area contributed by atoms with Crippen LogP contribution in [0, 0.1) is 12.7 Å². The number of benzene rings is 1. The quantitative estimate of drug-likeness (QED) is 0.806. The maximum Gasteiger partial charge on any atom is 0.127 e. The Morgan fingerprint density at radius 3 is 2.50 bits per heavy atom. The average Bonchev–Trinajstić information content (AvgIpc) is 2.04. The van der Waals surface area contributed by atoms with Crippen molar-refractivity contribution in [1.29, 1.82) is 0 Å². The normalized spacial score (nSPS) is 11.9. The molecule has 0 aromatic heterocycles. The molecule has 0 radical (unpaired) electrons. The lowest BCUT2D eigenvalue weighted by atomic mass is 9.95. The molecular weight excluding hydrogens is 201 g/mol. The van der Waals surface area contributed by atoms with Gasteiger partial charge in [0.2, 0.25) is 0 Å². The topological polar surface area (TPSA) is 26.0 Å². The van der Waals surface area contributed by atoms with E-state index in [4.69, 9.17) is 17.3 Å². The molecule has 1 nitrogen and oxygen atoms in total. The van der Waals surface area contributed by atoms with E-state index in [1.54, 1.807) is 6.07 Å². The van der Waals surface area contributed by atoms with Crippen molar-refractivity contribution in [2.45, 2.75) is 32.7 Å². The van der Waals surface area contributed by atoms with Crippen molar-refractivity contribution in [2.75, 3.05) is 0 Å². The van der Waals surface area contributed by atoms with E-state index in [0.717, 1.165) is 5.56 Å². The molecule has 1 rings (SSSR count). The monoisotopic (exact) mass is 215 g/mol. The van der Waals surface area contributed by atoms with E-state index < -0.39 is 5.54 Å². The van der Waals surface area contributed by atoms with Gasteiger partial charge < -0.3 is 5.73 Å². The molecule has 1 aromatic carbocycles. The van der Waals surface area contributed by atoms with E-state index >= 15 is 0 Å². The minimum atomic E-state index is -0.446. The van der Waals surface area contributed by atoms with Gasteiger partial charge in [-0.1, -0.05) is 17.7 Å². The summed E-state index contributed by atoms with van der Waals surface area (Å²) < 4.78 is 13.4. The van der Waals surface area contributed by atoms with Gasteiger partial charge in [0.15, 0.2) is 0 Å². The van der Waals surface area contributed by atoms with Gasteiger partial charge in [0, 0.05) is 16.1 Å². The zero-order chi connectivity index (χ0) is 10.9. The third-order valence-corrected chi connectivity index (χ3v) is 2.54. The highest BCUT2D eigenvalue weighted by atomic mass is 35.5. The van der Waals surface area contributed by atoms with E-state index in [0.29, 0.717) is 17.0 Å². The van der Waals surface area contributed by atoms with Gasteiger partial charge >= 0.3 is 0 Å². The number of halogens is 2. The molecule has 0 unspecified atom stereocenters. The molecule has 78 valence electrons. The van der Waals surface area contributed by atoms with Gasteiger partial charge in [0.1, 0.15) is 5.82 Å². The average molecular weight is 216 g/mol. The van der Waals surface area contributed by atoms with Gasteiger partial charge in [0.25, 0.3) is 0 Å². The molecule has 0 saturated heterocycles. The molecule has 0 heterocycles. The minimum Gasteiger partial charge on any atom is -0.325 e. The van der Waals surface area contributed by atoms with Gasteiger partial charge in [-0.3, -0.25) is 0 Å². The first-order chi connectivity index (χ1) is 6.31. The highest BCUT2D eigenvalue weighted by Gasteiger charge is 2.18. The summed E-state index contributed by atoms with van der Waals surface area (Å²) in [6.45, 7) is 5.56. The molecule has 2 N–H and O–H groups in total. The summed E-state index contributed by atoms with van der Waals surface area (Å²) in [6.07, 6.45) is 0.444. The van der Waals surface area contributed by atoms with Crippen molar-refractivity contribution in [2.24, 2.45) is 5.73 Å². The third kappa shape index (κ3) is 2.69. The largest absolute Gasteiger partial charge is 0.325 e. The molecule has 14 heavy (non-hydrogen) atoms. The number of hydrogen-bond donors (Lipinski definition) is 1. The second-order valence-electron chi connectivity index (χ2n) is 4.32. The van der Waals surface area contributed by atoms with Crippen molar-refractivity contribution in [1.82, 2.24) is 0 Å². The molecule has 0 aliphatic carbocycles. The van der Waals surface area contributed by atoms with Gasteiger partial charge in [-0.2, -0.15) is 0 Å². The van der Waals surface area contributed by atoms with E-state index in [2.05, 4.69) is 0 Å². The Hall–Kier alpha value is -0.600. The minimum absolute atomic E-state index is 0.279. The van der Waals surface area contributed by atoms with E-state index in [-0.39, 0.29) is 5.82 Å². The molecule has 0 aliphatic heterocycles. The summed E-state index contributed by atoms with van der Waals surface area (Å²) in [5.74, 6) is -0.279. The molecule has 0 saturated carbocycles. The molecule has 1 aromatic rings. The van der Waals surface area contributed by atoms with Gasteiger partial charge in [-0.05, 0) is 38.8 Å². The van der Waals surface area contributed by atoms with Crippen LogP contribution in [0.1, 0.15) is 25.0 Å². The van der Waals surface area contributed by atoms with Crippen LogP contribution >= 0.6 is 11.6 Å². The molecule has 0 fully saturated rings. The Labute approximate surface area is 89.1 Å². The first kappa shape index (κ1) is 11.5. The van der Waals surface area contributed by atoms with Crippen LogP contribution in [0.5, 0.6) is 0 Å². The Morgan fingerprint density at radius 2 is 2.00 bits per heavy atom. The first-order valence-electron chi connectivity index (χ1n) is 4.53. The number of aryl methyl sites for hydroxylation is 1. The highest BCUT2D eigenvalue weighted by molar-refractivity contribution is 6.32. The molecule has 0 aliphatic rings. The fourth-order valence-electron chi connectivity index (χ4n) is 1.33. The van der Waals surface area contributed by atoms with E-state index in [1.807, 2.05) is 20.8 Å². The first-order valence-corrected chi connectivity index (χ1v) is 4.91. The maximum atomic E-state index is 13.4. The number of rotatable bonds is 2. The molecule has 0 spiro atoms. The lowest BCUT2D eigenvalue weighted by Crippen LogP contribution is -2.34. The summed E-state index contributed by atoms with van der Waals surface area (Å²) in [7, 11) is 0. The van der Waals surface area contributed by atoms with Crippen molar-refractivity contribution < 1.29 is 4.39 Å². The van der Waals surface area contributed by atoms with Crippen molar-refractivity contribution >= 4 is 11.6 Å². The van der Waals surface area contributed by atoms with Gasteiger partial charge in [0.05, 0.1) is 0 Å². The van der Waals surface area contributed by atoms with Crippen LogP contribution in [0.15, 0.2) is 12.1 Å². The van der Waals surface area contributed by atoms with Crippen LogP contribution in [-0.2, 0) is 6.42 Å². The number of nitrogens with two attached hydrogens (primary N) is 1. The molecular formula is C11H15ClFN. The summed E-state index contributed by atoms with van der Waals surface area (Å²) in [5.41, 5.74) is 6.78. The zero-order valence-corrected chi connectivity index (χ0v) is 9.45. The van der Waals surface area contributed by atoms with Gasteiger partial charge in [-0.15, -0.1) is 0 Å². The number of hydrogen-bond acceptors (Lipinski definition) is 1. The smallest absolute Gasteiger partial charge is 0.127 e. The Bertz CT molecular complexity index is 342. The predicted octanol–water partition coefficient (Wildman–Crippen LogP) is 3.07. The fourth-order valence-corrected chi connectivity index (χ4v) is 1.55. The Balaban J connectivity index is 3.13. The van der Waals surface area contributed by atoms with Crippen LogP contribution in [0.2, 0.25) is 5.02 Å². The SMILES string of the molecule is Cc1ccc(F)c(CC(C)(C)N)c1Cl. The molecule has 0 bridgehead atoms. The third-order valence-electron chi connectivity index (χ3n) is 2.01. The van der Waals surface area contributed by atoms with Crippen LogP contribution in [-0.4, -0.2) is 5.54 Å². The van der Waals surface area contributed by atoms with Crippen LogP contribution in [0.4, 0.5) is 4.39 Å². The summed E-state index contributed by atoms with van der Waals surface area (Å²) in [4.78, 5) is 0. The summed E-state index contributed by atoms with van der Waals surface area (Å²) in [6, 6.07) is 3.10. The van der Waals surface area contributed by atoms with Crippen molar-refractivity contribution in [3.63, 3.8) is 0 Å². The van der Waals surface area contributed by atoms with Crippen molar-refractivity contribution in [3.05, 3.63) is 34.1 Å². The zero-order valence-electron chi connectivity index (χ0n) is 8.70. The lowest BCUT2D eigenvalue weighted by Gasteiger charge is -2.20. The lowest BCUT2D eigenvalue weighted by molar-refractivity contribution is 0.497. The summed E-state index contributed by atoms with van der Waals surface area (Å²) in [5, 5.41) is 0.489. The molecule has 0 atom stereocenters. The fraction of sp³-hybridized carbons (Fsp3) is 0.455. The Kier molecular flexibility index (Phi) is 3.17. The second-order valence-corrected chi connectivity index (χ2v) is 4.70. The molecule has 3 heteroatoms. The Morgan fingerprint density at radius 1 is 1.43 bits per heavy atom. The van der Waals surface area contributed by atoms with Crippen LogP contribution < -0.4 is 5.73 Å². The highest BCUT2D eigenvalue weighted by Crippen LogP contribution is 2.26. The van der Waals surface area contributed by atoms with Crippen LogP contribution in [0.3, 0.4) is 0 Å². The summed E-state index contributed by atoms with van der Waals surface area (Å²) >= 11 is 6.01. The van der Waals surface area contributed by atoms with E-state index in [1.165, 1.54) is 6.07 Å². The van der Waals surface area contributed by atoms with E-state index in [9.17, 15) is 4.39 Å². The van der Waals surface area contributed by atoms with Crippen molar-refractivity contribution in [3.8, 4) is 0 Å². The maximum absolute atomic E-state index is 13.4. The van der Waals surface area contributed by atoms with Gasteiger partial charge in [-0.25, -0.2) is 4.39 Å². The molecule has 0 amide bonds.